The van der Waals surface area contributed by atoms with E-state index in [-0.39, 0.29) is 18.1 Å². The van der Waals surface area contributed by atoms with E-state index in [0.29, 0.717) is 17.6 Å². The summed E-state index contributed by atoms with van der Waals surface area (Å²) in [5.41, 5.74) is 0. The van der Waals surface area contributed by atoms with Gasteiger partial charge in [-0.25, -0.2) is 4.79 Å². The Labute approximate surface area is 88.4 Å². The van der Waals surface area contributed by atoms with Crippen molar-refractivity contribution in [3.63, 3.8) is 0 Å². The topological polar surface area (TPSA) is 50.4 Å². The van der Waals surface area contributed by atoms with Gasteiger partial charge >= 0.3 is 5.97 Å². The van der Waals surface area contributed by atoms with E-state index in [9.17, 15) is 4.79 Å². The Morgan fingerprint density at radius 3 is 2.71 bits per heavy atom. The number of hydrogen-bond donors (Lipinski definition) is 2. The van der Waals surface area contributed by atoms with Gasteiger partial charge in [0, 0.05) is 12.5 Å². The summed E-state index contributed by atoms with van der Waals surface area (Å²) in [5, 5.41) is 6.68. The maximum absolute atomic E-state index is 11.2. The highest BCUT2D eigenvalue weighted by atomic mass is 32.1. The highest BCUT2D eigenvalue weighted by Gasteiger charge is 2.33. The van der Waals surface area contributed by atoms with Gasteiger partial charge in [0.25, 0.3) is 0 Å². The average Bonchev–Trinajstić information content (AvgIpc) is 2.81. The van der Waals surface area contributed by atoms with E-state index in [2.05, 4.69) is 10.6 Å². The minimum atomic E-state index is -0.260. The van der Waals surface area contributed by atoms with Gasteiger partial charge in [-0.2, -0.15) is 0 Å². The number of carbonyl (C=O) groups is 1. The molecule has 0 aromatic heterocycles. The molecule has 2 atom stereocenters. The fraction of sp³-hybridized carbons (Fsp3) is 0.778. The van der Waals surface area contributed by atoms with Crippen LogP contribution in [0.5, 0.6) is 0 Å². The summed E-state index contributed by atoms with van der Waals surface area (Å²) in [6, 6.07) is 0.258. The standard InChI is InChI=1S/C9H14N2O2S/c1-5-4-7(8(12)13-5)11-9(14)10-6-2-3-6/h5-7H,2-4H2,1H3,(H2,10,11,14)/t5-,7-/m1/s1. The molecule has 2 fully saturated rings. The van der Waals surface area contributed by atoms with Gasteiger partial charge < -0.3 is 15.4 Å². The zero-order chi connectivity index (χ0) is 10.1. The van der Waals surface area contributed by atoms with Crippen molar-refractivity contribution >= 4 is 23.3 Å². The molecule has 14 heavy (non-hydrogen) atoms. The number of ether oxygens (including phenoxy) is 1. The van der Waals surface area contributed by atoms with Crippen molar-refractivity contribution in [1.29, 1.82) is 0 Å². The lowest BCUT2D eigenvalue weighted by Crippen LogP contribution is -2.44. The molecule has 0 radical (unpaired) electrons. The molecule has 1 saturated heterocycles. The Bertz CT molecular complexity index is 266. The molecule has 5 heteroatoms. The monoisotopic (exact) mass is 214 g/mol. The zero-order valence-corrected chi connectivity index (χ0v) is 8.89. The molecule has 0 aromatic rings. The molecule has 78 valence electrons. The van der Waals surface area contributed by atoms with Crippen LogP contribution in [0.2, 0.25) is 0 Å². The van der Waals surface area contributed by atoms with Gasteiger partial charge in [-0.05, 0) is 32.0 Å². The minimum Gasteiger partial charge on any atom is -0.461 e. The molecule has 0 bridgehead atoms. The van der Waals surface area contributed by atoms with E-state index in [1.807, 2.05) is 6.92 Å². The lowest BCUT2D eigenvalue weighted by atomic mass is 10.2. The van der Waals surface area contributed by atoms with Crippen LogP contribution in [0.1, 0.15) is 26.2 Å². The third kappa shape index (κ3) is 2.35. The first-order valence-corrected chi connectivity index (χ1v) is 5.33. The molecule has 2 aliphatic rings. The number of esters is 1. The van der Waals surface area contributed by atoms with Gasteiger partial charge in [0.2, 0.25) is 0 Å². The second-order valence-corrected chi connectivity index (χ2v) is 4.34. The fourth-order valence-electron chi connectivity index (χ4n) is 1.49. The van der Waals surface area contributed by atoms with Crippen molar-refractivity contribution in [2.45, 2.75) is 44.4 Å². The van der Waals surface area contributed by atoms with Crippen LogP contribution in [0.3, 0.4) is 0 Å². The molecule has 2 rings (SSSR count). The summed E-state index contributed by atoms with van der Waals surface area (Å²) in [6.45, 7) is 1.89. The van der Waals surface area contributed by atoms with Crippen LogP contribution in [-0.4, -0.2) is 29.3 Å². The molecule has 4 nitrogen and oxygen atoms in total. The number of nitrogens with one attached hydrogen (secondary N) is 2. The largest absolute Gasteiger partial charge is 0.461 e. The van der Waals surface area contributed by atoms with Crippen molar-refractivity contribution in [3.05, 3.63) is 0 Å². The Balaban J connectivity index is 1.78. The van der Waals surface area contributed by atoms with Gasteiger partial charge in [-0.1, -0.05) is 0 Å². The number of carbonyl (C=O) groups excluding carboxylic acids is 1. The first-order valence-electron chi connectivity index (χ1n) is 4.92. The molecule has 1 heterocycles. The molecule has 0 amide bonds. The van der Waals surface area contributed by atoms with Crippen LogP contribution in [0.15, 0.2) is 0 Å². The van der Waals surface area contributed by atoms with E-state index in [1.165, 1.54) is 12.8 Å². The smallest absolute Gasteiger partial charge is 0.329 e. The Morgan fingerprint density at radius 2 is 2.21 bits per heavy atom. The van der Waals surface area contributed by atoms with Crippen molar-refractivity contribution < 1.29 is 9.53 Å². The highest BCUT2D eigenvalue weighted by molar-refractivity contribution is 7.80. The lowest BCUT2D eigenvalue weighted by Gasteiger charge is -2.12. The summed E-state index contributed by atoms with van der Waals surface area (Å²) >= 11 is 5.07. The van der Waals surface area contributed by atoms with E-state index < -0.39 is 0 Å². The van der Waals surface area contributed by atoms with E-state index in [4.69, 9.17) is 17.0 Å². The maximum atomic E-state index is 11.2. The molecule has 0 aromatic carbocycles. The Kier molecular flexibility index (Phi) is 2.58. The third-order valence-electron chi connectivity index (χ3n) is 2.39. The summed E-state index contributed by atoms with van der Waals surface area (Å²) in [6.07, 6.45) is 3.05. The van der Waals surface area contributed by atoms with E-state index in [1.54, 1.807) is 0 Å². The highest BCUT2D eigenvalue weighted by Crippen LogP contribution is 2.19. The van der Waals surface area contributed by atoms with Crippen molar-refractivity contribution in [1.82, 2.24) is 10.6 Å². The van der Waals surface area contributed by atoms with Crippen LogP contribution in [-0.2, 0) is 9.53 Å². The first kappa shape index (κ1) is 9.71. The van der Waals surface area contributed by atoms with Crippen molar-refractivity contribution in [3.8, 4) is 0 Å². The van der Waals surface area contributed by atoms with Crippen LogP contribution >= 0.6 is 12.2 Å². The second-order valence-electron chi connectivity index (χ2n) is 3.93. The summed E-state index contributed by atoms with van der Waals surface area (Å²) in [7, 11) is 0. The van der Waals surface area contributed by atoms with Gasteiger partial charge in [0.1, 0.15) is 12.1 Å². The molecule has 0 spiro atoms. The van der Waals surface area contributed by atoms with E-state index in [0.717, 1.165) is 0 Å². The second kappa shape index (κ2) is 3.73. The zero-order valence-electron chi connectivity index (χ0n) is 8.08. The summed E-state index contributed by atoms with van der Waals surface area (Å²) in [4.78, 5) is 11.2. The van der Waals surface area contributed by atoms with Gasteiger partial charge in [-0.3, -0.25) is 0 Å². The summed E-state index contributed by atoms with van der Waals surface area (Å²) in [5.74, 6) is -0.197. The molecular weight excluding hydrogens is 200 g/mol. The Hall–Kier alpha value is -0.840. The molecule has 1 aliphatic carbocycles. The SMILES string of the molecule is C[C@@H]1C[C@@H](NC(=S)NC2CC2)C(=O)O1. The molecule has 0 unspecified atom stereocenters. The number of cyclic esters (lactones) is 1. The molecule has 2 N–H and O–H groups in total. The molecular formula is C9H14N2O2S. The lowest BCUT2D eigenvalue weighted by molar-refractivity contribution is -0.142. The fourth-order valence-corrected chi connectivity index (χ4v) is 1.80. The van der Waals surface area contributed by atoms with Gasteiger partial charge in [0.15, 0.2) is 5.11 Å². The van der Waals surface area contributed by atoms with E-state index >= 15 is 0 Å². The van der Waals surface area contributed by atoms with Crippen molar-refractivity contribution in [2.24, 2.45) is 0 Å². The Morgan fingerprint density at radius 1 is 1.50 bits per heavy atom. The van der Waals surface area contributed by atoms with Crippen LogP contribution in [0, 0.1) is 0 Å². The normalized spacial score (nSPS) is 31.1. The van der Waals surface area contributed by atoms with Crippen LogP contribution < -0.4 is 10.6 Å². The number of hydrogen-bond acceptors (Lipinski definition) is 3. The predicted molar refractivity (Wildman–Crippen MR) is 55.9 cm³/mol. The first-order chi connectivity index (χ1) is 6.65. The summed E-state index contributed by atoms with van der Waals surface area (Å²) < 4.78 is 5.01. The predicted octanol–water partition coefficient (Wildman–Crippen LogP) is 0.317. The van der Waals surface area contributed by atoms with Crippen molar-refractivity contribution in [2.75, 3.05) is 0 Å². The molecule has 1 saturated carbocycles. The minimum absolute atomic E-state index is 0.00345. The maximum Gasteiger partial charge on any atom is 0.329 e. The quantitative estimate of drug-likeness (QED) is 0.512. The molecule has 1 aliphatic heterocycles. The number of thiocarbonyl (C=S) groups is 1. The van der Waals surface area contributed by atoms with Crippen LogP contribution in [0.25, 0.3) is 0 Å². The van der Waals surface area contributed by atoms with Crippen LogP contribution in [0.4, 0.5) is 0 Å². The third-order valence-corrected chi connectivity index (χ3v) is 2.62. The van der Waals surface area contributed by atoms with Gasteiger partial charge in [0.05, 0.1) is 0 Å². The number of rotatable bonds is 2. The average molecular weight is 214 g/mol. The van der Waals surface area contributed by atoms with Gasteiger partial charge in [-0.15, -0.1) is 0 Å².